The van der Waals surface area contributed by atoms with Gasteiger partial charge in [0.1, 0.15) is 11.5 Å². The topological polar surface area (TPSA) is 25.2 Å². The van der Waals surface area contributed by atoms with Crippen LogP contribution in [0.5, 0.6) is 0 Å². The third kappa shape index (κ3) is 3.78. The Morgan fingerprint density at radius 2 is 1.95 bits per heavy atom. The lowest BCUT2D eigenvalue weighted by molar-refractivity contribution is 0.494. The number of rotatable bonds is 5. The molecule has 3 heteroatoms. The summed E-state index contributed by atoms with van der Waals surface area (Å²) in [6.07, 6.45) is 1.13. The normalized spacial score (nSPS) is 13.6. The van der Waals surface area contributed by atoms with Crippen LogP contribution in [0.4, 0.5) is 0 Å². The van der Waals surface area contributed by atoms with Gasteiger partial charge in [-0.1, -0.05) is 27.7 Å². The molecule has 1 unspecified atom stereocenters. The standard InChI is InChI=1S/C18H27NOS/c1-7-10-19-17(14-11-12(2)20-13(14)3)15-8-9-16(21-15)18(4,5)6/h8-9,11,17,19H,7,10H2,1-6H3. The average molecular weight is 305 g/mol. The molecule has 0 amide bonds. The molecule has 0 saturated heterocycles. The first kappa shape index (κ1) is 16.3. The summed E-state index contributed by atoms with van der Waals surface area (Å²) in [7, 11) is 0. The number of aryl methyl sites for hydroxylation is 2. The maximum absolute atomic E-state index is 5.74. The Bertz CT molecular complexity index is 589. The summed E-state index contributed by atoms with van der Waals surface area (Å²) in [5, 5.41) is 3.67. The number of hydrogen-bond donors (Lipinski definition) is 1. The molecular weight excluding hydrogens is 278 g/mol. The molecule has 116 valence electrons. The van der Waals surface area contributed by atoms with Crippen LogP contribution in [0.3, 0.4) is 0 Å². The zero-order valence-electron chi connectivity index (χ0n) is 14.0. The Hall–Kier alpha value is -1.06. The van der Waals surface area contributed by atoms with Gasteiger partial charge in [0, 0.05) is 15.3 Å². The number of nitrogens with one attached hydrogen (secondary N) is 1. The molecule has 0 spiro atoms. The van der Waals surface area contributed by atoms with Crippen molar-refractivity contribution in [1.82, 2.24) is 5.32 Å². The summed E-state index contributed by atoms with van der Waals surface area (Å²) in [4.78, 5) is 2.80. The molecule has 1 atom stereocenters. The molecule has 2 rings (SSSR count). The van der Waals surface area contributed by atoms with E-state index in [-0.39, 0.29) is 11.5 Å². The number of hydrogen-bond acceptors (Lipinski definition) is 3. The lowest BCUT2D eigenvalue weighted by Crippen LogP contribution is -2.22. The van der Waals surface area contributed by atoms with Crippen molar-refractivity contribution in [2.75, 3.05) is 6.54 Å². The van der Waals surface area contributed by atoms with Gasteiger partial charge in [0.25, 0.3) is 0 Å². The first-order valence-electron chi connectivity index (χ1n) is 7.73. The van der Waals surface area contributed by atoms with Crippen molar-refractivity contribution in [3.63, 3.8) is 0 Å². The summed E-state index contributed by atoms with van der Waals surface area (Å²) in [6, 6.07) is 6.94. The summed E-state index contributed by atoms with van der Waals surface area (Å²) in [5.41, 5.74) is 1.47. The van der Waals surface area contributed by atoms with Crippen molar-refractivity contribution >= 4 is 11.3 Å². The molecule has 0 saturated carbocycles. The average Bonchev–Trinajstić information content (AvgIpc) is 2.97. The van der Waals surface area contributed by atoms with Crippen molar-refractivity contribution in [2.24, 2.45) is 0 Å². The fourth-order valence-electron chi connectivity index (χ4n) is 2.50. The van der Waals surface area contributed by atoms with Crippen LogP contribution in [0.1, 0.15) is 67.0 Å². The second-order valence-corrected chi connectivity index (χ2v) is 7.82. The van der Waals surface area contributed by atoms with Crippen LogP contribution in [0.15, 0.2) is 22.6 Å². The van der Waals surface area contributed by atoms with Gasteiger partial charge in [-0.2, -0.15) is 0 Å². The first-order valence-corrected chi connectivity index (χ1v) is 8.55. The highest BCUT2D eigenvalue weighted by atomic mass is 32.1. The molecule has 0 radical (unpaired) electrons. The van der Waals surface area contributed by atoms with Gasteiger partial charge in [-0.05, 0) is 50.4 Å². The van der Waals surface area contributed by atoms with Crippen LogP contribution in [-0.4, -0.2) is 6.54 Å². The van der Waals surface area contributed by atoms with Gasteiger partial charge in [0.15, 0.2) is 0 Å². The summed E-state index contributed by atoms with van der Waals surface area (Å²) in [5.74, 6) is 2.00. The zero-order chi connectivity index (χ0) is 15.6. The molecule has 1 N–H and O–H groups in total. The van der Waals surface area contributed by atoms with Gasteiger partial charge in [-0.15, -0.1) is 11.3 Å². The molecule has 0 aliphatic carbocycles. The first-order chi connectivity index (χ1) is 9.82. The van der Waals surface area contributed by atoms with E-state index >= 15 is 0 Å². The highest BCUT2D eigenvalue weighted by Crippen LogP contribution is 2.36. The molecule has 0 aliphatic rings. The Labute approximate surface area is 132 Å². The van der Waals surface area contributed by atoms with Crippen molar-refractivity contribution in [3.8, 4) is 0 Å². The smallest absolute Gasteiger partial charge is 0.106 e. The minimum absolute atomic E-state index is 0.208. The van der Waals surface area contributed by atoms with Crippen molar-refractivity contribution in [1.29, 1.82) is 0 Å². The van der Waals surface area contributed by atoms with E-state index in [0.29, 0.717) is 0 Å². The molecule has 0 aromatic carbocycles. The SMILES string of the molecule is CCCNC(c1ccc(C(C)(C)C)s1)c1cc(C)oc1C. The van der Waals surface area contributed by atoms with E-state index in [0.717, 1.165) is 24.5 Å². The van der Waals surface area contributed by atoms with E-state index in [1.54, 1.807) is 0 Å². The molecule has 2 heterocycles. The molecular formula is C18H27NOS. The Morgan fingerprint density at radius 3 is 2.43 bits per heavy atom. The Kier molecular flexibility index (Phi) is 4.95. The lowest BCUT2D eigenvalue weighted by atomic mass is 9.95. The molecule has 21 heavy (non-hydrogen) atoms. The zero-order valence-corrected chi connectivity index (χ0v) is 14.9. The Morgan fingerprint density at radius 1 is 1.24 bits per heavy atom. The van der Waals surface area contributed by atoms with Gasteiger partial charge in [0.05, 0.1) is 6.04 Å². The number of furan rings is 1. The Balaban J connectivity index is 2.36. The highest BCUT2D eigenvalue weighted by molar-refractivity contribution is 7.12. The van der Waals surface area contributed by atoms with Crippen LogP contribution in [-0.2, 0) is 5.41 Å². The van der Waals surface area contributed by atoms with Gasteiger partial charge < -0.3 is 9.73 Å². The minimum Gasteiger partial charge on any atom is -0.466 e. The van der Waals surface area contributed by atoms with Crippen molar-refractivity contribution in [3.05, 3.63) is 45.0 Å². The van der Waals surface area contributed by atoms with Gasteiger partial charge in [-0.3, -0.25) is 0 Å². The highest BCUT2D eigenvalue weighted by Gasteiger charge is 2.23. The van der Waals surface area contributed by atoms with Gasteiger partial charge >= 0.3 is 0 Å². The molecule has 2 aromatic rings. The van der Waals surface area contributed by atoms with Crippen LogP contribution in [0, 0.1) is 13.8 Å². The second-order valence-electron chi connectivity index (χ2n) is 6.71. The predicted octanol–water partition coefficient (Wildman–Crippen LogP) is 5.34. The van der Waals surface area contributed by atoms with E-state index in [1.165, 1.54) is 15.3 Å². The summed E-state index contributed by atoms with van der Waals surface area (Å²) in [6.45, 7) is 14.1. The minimum atomic E-state index is 0.208. The largest absolute Gasteiger partial charge is 0.466 e. The van der Waals surface area contributed by atoms with E-state index in [2.05, 4.69) is 58.1 Å². The summed E-state index contributed by atoms with van der Waals surface area (Å²) < 4.78 is 5.74. The fourth-order valence-corrected chi connectivity index (χ4v) is 3.66. The van der Waals surface area contributed by atoms with E-state index in [9.17, 15) is 0 Å². The lowest BCUT2D eigenvalue weighted by Gasteiger charge is -2.18. The van der Waals surface area contributed by atoms with Gasteiger partial charge in [0.2, 0.25) is 0 Å². The maximum atomic E-state index is 5.74. The van der Waals surface area contributed by atoms with Crippen molar-refractivity contribution < 1.29 is 4.42 Å². The monoisotopic (exact) mass is 305 g/mol. The number of thiophene rings is 1. The van der Waals surface area contributed by atoms with E-state index in [4.69, 9.17) is 4.42 Å². The fraction of sp³-hybridized carbons (Fsp3) is 0.556. The van der Waals surface area contributed by atoms with Crippen LogP contribution >= 0.6 is 11.3 Å². The van der Waals surface area contributed by atoms with Gasteiger partial charge in [-0.25, -0.2) is 0 Å². The third-order valence-electron chi connectivity index (χ3n) is 3.64. The van der Waals surface area contributed by atoms with Crippen molar-refractivity contribution in [2.45, 2.75) is 59.4 Å². The quantitative estimate of drug-likeness (QED) is 0.806. The second kappa shape index (κ2) is 6.37. The van der Waals surface area contributed by atoms with E-state index < -0.39 is 0 Å². The van der Waals surface area contributed by atoms with Crippen LogP contribution in [0.25, 0.3) is 0 Å². The van der Waals surface area contributed by atoms with Crippen LogP contribution < -0.4 is 5.32 Å². The maximum Gasteiger partial charge on any atom is 0.106 e. The van der Waals surface area contributed by atoms with Crippen LogP contribution in [0.2, 0.25) is 0 Å². The predicted molar refractivity (Wildman–Crippen MR) is 91.3 cm³/mol. The third-order valence-corrected chi connectivity index (χ3v) is 5.22. The molecule has 2 nitrogen and oxygen atoms in total. The molecule has 0 bridgehead atoms. The summed E-state index contributed by atoms with van der Waals surface area (Å²) >= 11 is 1.91. The molecule has 0 aliphatic heterocycles. The van der Waals surface area contributed by atoms with E-state index in [1.807, 2.05) is 18.3 Å². The molecule has 0 fully saturated rings. The molecule has 2 aromatic heterocycles.